The summed E-state index contributed by atoms with van der Waals surface area (Å²) in [6.45, 7) is 0.0673. The summed E-state index contributed by atoms with van der Waals surface area (Å²) in [6, 6.07) is 1.18. The third-order valence-electron chi connectivity index (χ3n) is 2.02. The lowest BCUT2D eigenvalue weighted by Gasteiger charge is -2.14. The number of nitro groups is 1. The van der Waals surface area contributed by atoms with Crippen molar-refractivity contribution in [2.75, 3.05) is 13.6 Å². The number of nitrogens with zero attached hydrogens (tertiary/aromatic N) is 2. The Kier molecular flexibility index (Phi) is 4.16. The second-order valence-corrected chi connectivity index (χ2v) is 4.19. The number of hydrogen-bond acceptors (Lipinski definition) is 5. The van der Waals surface area contributed by atoms with Crippen molar-refractivity contribution in [1.82, 2.24) is 4.90 Å². The lowest BCUT2D eigenvalue weighted by atomic mass is 10.3. The summed E-state index contributed by atoms with van der Waals surface area (Å²) in [4.78, 5) is 33.1. The summed E-state index contributed by atoms with van der Waals surface area (Å²) in [6.07, 6.45) is -0.158. The van der Waals surface area contributed by atoms with E-state index in [1.165, 1.54) is 23.4 Å². The maximum atomic E-state index is 11.7. The van der Waals surface area contributed by atoms with Crippen LogP contribution in [0.4, 0.5) is 5.00 Å². The summed E-state index contributed by atoms with van der Waals surface area (Å²) < 4.78 is 0. The Morgan fingerprint density at radius 2 is 2.24 bits per heavy atom. The largest absolute Gasteiger partial charge is 0.481 e. The second kappa shape index (κ2) is 5.39. The number of carboxylic acid groups (broad SMARTS) is 1. The molecule has 17 heavy (non-hydrogen) atoms. The summed E-state index contributed by atoms with van der Waals surface area (Å²) in [5, 5.41) is 20.2. The van der Waals surface area contributed by atoms with Gasteiger partial charge < -0.3 is 10.0 Å². The number of carbonyl (C=O) groups is 2. The van der Waals surface area contributed by atoms with E-state index in [2.05, 4.69) is 0 Å². The Bertz CT molecular complexity index is 456. The van der Waals surface area contributed by atoms with Crippen molar-refractivity contribution >= 4 is 28.2 Å². The molecule has 0 saturated carbocycles. The van der Waals surface area contributed by atoms with Crippen LogP contribution < -0.4 is 0 Å². The van der Waals surface area contributed by atoms with Crippen molar-refractivity contribution in [3.8, 4) is 0 Å². The molecule has 0 unspecified atom stereocenters. The number of rotatable bonds is 5. The van der Waals surface area contributed by atoms with Gasteiger partial charge in [0.1, 0.15) is 0 Å². The molecule has 1 heterocycles. The van der Waals surface area contributed by atoms with Gasteiger partial charge in [0.15, 0.2) is 0 Å². The minimum Gasteiger partial charge on any atom is -0.481 e. The van der Waals surface area contributed by atoms with E-state index in [4.69, 9.17) is 5.11 Å². The average molecular weight is 258 g/mol. The molecule has 1 aromatic heterocycles. The zero-order chi connectivity index (χ0) is 13.0. The molecule has 0 fully saturated rings. The molecule has 1 N–H and O–H groups in total. The molecule has 0 radical (unpaired) electrons. The molecule has 0 aliphatic heterocycles. The van der Waals surface area contributed by atoms with Crippen LogP contribution in [0.5, 0.6) is 0 Å². The highest BCUT2D eigenvalue weighted by atomic mass is 32.1. The van der Waals surface area contributed by atoms with Crippen LogP contribution in [-0.2, 0) is 4.79 Å². The van der Waals surface area contributed by atoms with E-state index in [0.29, 0.717) is 0 Å². The Morgan fingerprint density at radius 1 is 1.59 bits per heavy atom. The number of thiophene rings is 1. The summed E-state index contributed by atoms with van der Waals surface area (Å²) in [7, 11) is 1.45. The van der Waals surface area contributed by atoms with E-state index in [9.17, 15) is 19.7 Å². The summed E-state index contributed by atoms with van der Waals surface area (Å²) in [5.74, 6) is -1.42. The number of carbonyl (C=O) groups excluding carboxylic acids is 1. The Hall–Kier alpha value is -1.96. The summed E-state index contributed by atoms with van der Waals surface area (Å²) in [5.41, 5.74) is 0.203. The predicted octanol–water partition coefficient (Wildman–Crippen LogP) is 1.20. The summed E-state index contributed by atoms with van der Waals surface area (Å²) >= 11 is 0.865. The number of carboxylic acids is 1. The van der Waals surface area contributed by atoms with Crippen LogP contribution in [0, 0.1) is 10.1 Å². The smallest absolute Gasteiger partial charge is 0.324 e. The van der Waals surface area contributed by atoms with Crippen LogP contribution in [0.1, 0.15) is 16.8 Å². The molecule has 1 amide bonds. The average Bonchev–Trinajstić information content (AvgIpc) is 2.73. The first-order valence-electron chi connectivity index (χ1n) is 4.62. The van der Waals surface area contributed by atoms with E-state index < -0.39 is 16.8 Å². The van der Waals surface area contributed by atoms with Gasteiger partial charge in [0, 0.05) is 25.0 Å². The van der Waals surface area contributed by atoms with E-state index in [1.807, 2.05) is 0 Å². The Morgan fingerprint density at radius 3 is 2.71 bits per heavy atom. The molecule has 0 aliphatic carbocycles. The minimum atomic E-state index is -0.999. The fraction of sp³-hybridized carbons (Fsp3) is 0.333. The van der Waals surface area contributed by atoms with Gasteiger partial charge in [-0.25, -0.2) is 0 Å². The first-order valence-corrected chi connectivity index (χ1v) is 5.50. The Balaban J connectivity index is 2.68. The predicted molar refractivity (Wildman–Crippen MR) is 60.2 cm³/mol. The van der Waals surface area contributed by atoms with Crippen molar-refractivity contribution in [3.63, 3.8) is 0 Å². The van der Waals surface area contributed by atoms with Crippen molar-refractivity contribution in [2.24, 2.45) is 0 Å². The molecule has 7 nitrogen and oxygen atoms in total. The number of hydrogen-bond donors (Lipinski definition) is 1. The van der Waals surface area contributed by atoms with E-state index in [-0.39, 0.29) is 23.5 Å². The topological polar surface area (TPSA) is 101 Å². The van der Waals surface area contributed by atoms with E-state index in [1.54, 1.807) is 0 Å². The number of amides is 1. The standard InChI is InChI=1S/C9H10N2O5S/c1-10(3-2-8(12)13)9(14)6-4-7(11(15)16)17-5-6/h4-5H,2-3H2,1H3,(H,12,13). The van der Waals surface area contributed by atoms with E-state index in [0.717, 1.165) is 11.3 Å². The van der Waals surface area contributed by atoms with Crippen LogP contribution in [-0.4, -0.2) is 40.4 Å². The van der Waals surface area contributed by atoms with Gasteiger partial charge in [-0.2, -0.15) is 0 Å². The van der Waals surface area contributed by atoms with Gasteiger partial charge in [-0.15, -0.1) is 0 Å². The van der Waals surface area contributed by atoms with Crippen molar-refractivity contribution < 1.29 is 19.6 Å². The maximum Gasteiger partial charge on any atom is 0.324 e. The van der Waals surface area contributed by atoms with Crippen LogP contribution in [0.3, 0.4) is 0 Å². The maximum absolute atomic E-state index is 11.7. The lowest BCUT2D eigenvalue weighted by Crippen LogP contribution is -2.28. The zero-order valence-corrected chi connectivity index (χ0v) is 9.77. The van der Waals surface area contributed by atoms with Crippen molar-refractivity contribution in [3.05, 3.63) is 27.1 Å². The minimum absolute atomic E-state index is 0.0673. The van der Waals surface area contributed by atoms with Crippen molar-refractivity contribution in [2.45, 2.75) is 6.42 Å². The third kappa shape index (κ3) is 3.52. The molecule has 0 saturated heterocycles. The van der Waals surface area contributed by atoms with Gasteiger partial charge in [-0.05, 0) is 0 Å². The van der Waals surface area contributed by atoms with Crippen LogP contribution in [0.2, 0.25) is 0 Å². The monoisotopic (exact) mass is 258 g/mol. The molecule has 1 aromatic rings. The van der Waals surface area contributed by atoms with Crippen LogP contribution in [0.15, 0.2) is 11.4 Å². The molecular weight excluding hydrogens is 248 g/mol. The highest BCUT2D eigenvalue weighted by Crippen LogP contribution is 2.23. The first-order chi connectivity index (χ1) is 7.91. The number of aliphatic carboxylic acids is 1. The molecular formula is C9H10N2O5S. The van der Waals surface area contributed by atoms with E-state index >= 15 is 0 Å². The molecule has 0 atom stereocenters. The molecule has 0 aromatic carbocycles. The second-order valence-electron chi connectivity index (χ2n) is 3.30. The van der Waals surface area contributed by atoms with Crippen LogP contribution >= 0.6 is 11.3 Å². The van der Waals surface area contributed by atoms with Gasteiger partial charge in [-0.1, -0.05) is 11.3 Å². The van der Waals surface area contributed by atoms with Gasteiger partial charge in [-0.3, -0.25) is 19.7 Å². The van der Waals surface area contributed by atoms with Crippen LogP contribution in [0.25, 0.3) is 0 Å². The van der Waals surface area contributed by atoms with Gasteiger partial charge >= 0.3 is 11.0 Å². The lowest BCUT2D eigenvalue weighted by molar-refractivity contribution is -0.380. The fourth-order valence-corrected chi connectivity index (χ4v) is 1.82. The van der Waals surface area contributed by atoms with Gasteiger partial charge in [0.2, 0.25) is 0 Å². The molecule has 0 bridgehead atoms. The highest BCUT2D eigenvalue weighted by Gasteiger charge is 2.18. The quantitative estimate of drug-likeness (QED) is 0.631. The molecule has 8 heteroatoms. The van der Waals surface area contributed by atoms with Gasteiger partial charge in [0.25, 0.3) is 5.91 Å². The first kappa shape index (κ1) is 13.1. The molecule has 1 rings (SSSR count). The zero-order valence-electron chi connectivity index (χ0n) is 8.95. The SMILES string of the molecule is CN(CCC(=O)O)C(=O)c1csc([N+](=O)[O-])c1. The molecule has 92 valence electrons. The normalized spacial score (nSPS) is 9.94. The molecule has 0 spiro atoms. The Labute approximate surface area is 100 Å². The fourth-order valence-electron chi connectivity index (χ4n) is 1.12. The van der Waals surface area contributed by atoms with Crippen molar-refractivity contribution in [1.29, 1.82) is 0 Å². The third-order valence-corrected chi connectivity index (χ3v) is 2.90. The van der Waals surface area contributed by atoms with Gasteiger partial charge in [0.05, 0.1) is 16.9 Å². The highest BCUT2D eigenvalue weighted by molar-refractivity contribution is 7.13. The molecule has 0 aliphatic rings.